The van der Waals surface area contributed by atoms with Gasteiger partial charge in [0.25, 0.3) is 0 Å². The standard InChI is InChI=1S/C10H19N/c1-7(2)9-5-6-10(11-9)8-3-4-8/h7-11H,3-6H2,1-2H3. The van der Waals surface area contributed by atoms with Gasteiger partial charge in [0, 0.05) is 12.1 Å². The van der Waals surface area contributed by atoms with Crippen LogP contribution in [0.15, 0.2) is 0 Å². The first-order chi connectivity index (χ1) is 5.27. The molecule has 2 rings (SSSR count). The number of nitrogens with one attached hydrogen (secondary N) is 1. The van der Waals surface area contributed by atoms with Crippen LogP contribution in [0.4, 0.5) is 0 Å². The molecule has 2 aliphatic rings. The summed E-state index contributed by atoms with van der Waals surface area (Å²) in [4.78, 5) is 0. The van der Waals surface area contributed by atoms with Crippen molar-refractivity contribution < 1.29 is 0 Å². The van der Waals surface area contributed by atoms with Crippen LogP contribution in [-0.2, 0) is 0 Å². The van der Waals surface area contributed by atoms with Crippen molar-refractivity contribution in [3.63, 3.8) is 0 Å². The van der Waals surface area contributed by atoms with E-state index in [4.69, 9.17) is 0 Å². The van der Waals surface area contributed by atoms with Gasteiger partial charge in [0.2, 0.25) is 0 Å². The summed E-state index contributed by atoms with van der Waals surface area (Å²) in [6.45, 7) is 4.65. The minimum absolute atomic E-state index is 0.820. The second kappa shape index (κ2) is 2.78. The molecular formula is C10H19N. The first kappa shape index (κ1) is 7.60. The molecule has 11 heavy (non-hydrogen) atoms. The molecule has 1 saturated carbocycles. The van der Waals surface area contributed by atoms with E-state index in [1.165, 1.54) is 25.7 Å². The van der Waals surface area contributed by atoms with Gasteiger partial charge in [-0.25, -0.2) is 0 Å². The zero-order chi connectivity index (χ0) is 7.84. The summed E-state index contributed by atoms with van der Waals surface area (Å²) in [5.41, 5.74) is 0. The molecule has 1 aliphatic carbocycles. The molecule has 2 atom stereocenters. The van der Waals surface area contributed by atoms with Gasteiger partial charge >= 0.3 is 0 Å². The van der Waals surface area contributed by atoms with Crippen LogP contribution in [0, 0.1) is 11.8 Å². The summed E-state index contributed by atoms with van der Waals surface area (Å²) in [7, 11) is 0. The van der Waals surface area contributed by atoms with E-state index in [-0.39, 0.29) is 0 Å². The molecule has 1 N–H and O–H groups in total. The van der Waals surface area contributed by atoms with Crippen molar-refractivity contribution in [3.05, 3.63) is 0 Å². The summed E-state index contributed by atoms with van der Waals surface area (Å²) in [6.07, 6.45) is 5.83. The number of hydrogen-bond donors (Lipinski definition) is 1. The van der Waals surface area contributed by atoms with Crippen molar-refractivity contribution >= 4 is 0 Å². The molecule has 0 spiro atoms. The van der Waals surface area contributed by atoms with Crippen LogP contribution >= 0.6 is 0 Å². The largest absolute Gasteiger partial charge is 0.311 e. The van der Waals surface area contributed by atoms with Crippen LogP contribution < -0.4 is 5.32 Å². The Bertz CT molecular complexity index is 130. The summed E-state index contributed by atoms with van der Waals surface area (Å²) < 4.78 is 0. The lowest BCUT2D eigenvalue weighted by Crippen LogP contribution is -2.33. The molecule has 2 fully saturated rings. The maximum Gasteiger partial charge on any atom is 0.00986 e. The summed E-state index contributed by atoms with van der Waals surface area (Å²) in [6, 6.07) is 1.71. The van der Waals surface area contributed by atoms with Gasteiger partial charge in [-0.2, -0.15) is 0 Å². The number of hydrogen-bond acceptors (Lipinski definition) is 1. The average Bonchev–Trinajstić information content (AvgIpc) is 2.68. The Labute approximate surface area is 69.6 Å². The Kier molecular flexibility index (Phi) is 1.92. The van der Waals surface area contributed by atoms with Crippen LogP contribution in [0.5, 0.6) is 0 Å². The van der Waals surface area contributed by atoms with Gasteiger partial charge in [0.05, 0.1) is 0 Å². The SMILES string of the molecule is CC(C)C1CCC(C2CC2)N1. The Hall–Kier alpha value is -0.0400. The van der Waals surface area contributed by atoms with E-state index in [2.05, 4.69) is 19.2 Å². The molecule has 0 bridgehead atoms. The highest BCUT2D eigenvalue weighted by Crippen LogP contribution is 2.37. The van der Waals surface area contributed by atoms with Gasteiger partial charge in [0.15, 0.2) is 0 Å². The summed E-state index contributed by atoms with van der Waals surface area (Å²) >= 11 is 0. The average molecular weight is 153 g/mol. The van der Waals surface area contributed by atoms with Gasteiger partial charge in [-0.05, 0) is 37.5 Å². The maximum atomic E-state index is 3.75. The van der Waals surface area contributed by atoms with Crippen LogP contribution in [0.2, 0.25) is 0 Å². The fourth-order valence-corrected chi connectivity index (χ4v) is 2.20. The Morgan fingerprint density at radius 1 is 1.09 bits per heavy atom. The lowest BCUT2D eigenvalue weighted by Gasteiger charge is -2.16. The van der Waals surface area contributed by atoms with E-state index < -0.39 is 0 Å². The Morgan fingerprint density at radius 3 is 2.27 bits per heavy atom. The molecule has 1 aliphatic heterocycles. The first-order valence-corrected chi connectivity index (χ1v) is 5.03. The molecule has 2 unspecified atom stereocenters. The highest BCUT2D eigenvalue weighted by atomic mass is 15.0. The molecule has 0 aromatic carbocycles. The highest BCUT2D eigenvalue weighted by molar-refractivity contribution is 4.94. The monoisotopic (exact) mass is 153 g/mol. The van der Waals surface area contributed by atoms with Gasteiger partial charge < -0.3 is 5.32 Å². The summed E-state index contributed by atoms with van der Waals surface area (Å²) in [5, 5.41) is 3.75. The zero-order valence-corrected chi connectivity index (χ0v) is 7.64. The topological polar surface area (TPSA) is 12.0 Å². The lowest BCUT2D eigenvalue weighted by atomic mass is 10.0. The fourth-order valence-electron chi connectivity index (χ4n) is 2.20. The predicted molar refractivity (Wildman–Crippen MR) is 47.5 cm³/mol. The smallest absolute Gasteiger partial charge is 0.00986 e. The highest BCUT2D eigenvalue weighted by Gasteiger charge is 2.36. The first-order valence-electron chi connectivity index (χ1n) is 5.03. The van der Waals surface area contributed by atoms with E-state index in [1.54, 1.807) is 0 Å². The molecule has 1 heteroatoms. The van der Waals surface area contributed by atoms with Crippen molar-refractivity contribution in [1.29, 1.82) is 0 Å². The third kappa shape index (κ3) is 1.58. The van der Waals surface area contributed by atoms with E-state index in [0.29, 0.717) is 0 Å². The van der Waals surface area contributed by atoms with E-state index in [9.17, 15) is 0 Å². The predicted octanol–water partition coefficient (Wildman–Crippen LogP) is 2.17. The molecule has 0 aromatic heterocycles. The molecule has 1 saturated heterocycles. The Balaban J connectivity index is 1.82. The zero-order valence-electron chi connectivity index (χ0n) is 7.64. The maximum absolute atomic E-state index is 3.75. The third-order valence-corrected chi connectivity index (χ3v) is 3.21. The molecular weight excluding hydrogens is 134 g/mol. The van der Waals surface area contributed by atoms with Crippen LogP contribution in [0.3, 0.4) is 0 Å². The molecule has 64 valence electrons. The van der Waals surface area contributed by atoms with Gasteiger partial charge in [0.1, 0.15) is 0 Å². The second-order valence-corrected chi connectivity index (χ2v) is 4.54. The lowest BCUT2D eigenvalue weighted by molar-refractivity contribution is 0.415. The number of rotatable bonds is 2. The Morgan fingerprint density at radius 2 is 1.82 bits per heavy atom. The van der Waals surface area contributed by atoms with Crippen molar-refractivity contribution in [3.8, 4) is 0 Å². The molecule has 0 amide bonds. The summed E-state index contributed by atoms with van der Waals surface area (Å²) in [5.74, 6) is 1.89. The van der Waals surface area contributed by atoms with Crippen LogP contribution in [0.1, 0.15) is 39.5 Å². The van der Waals surface area contributed by atoms with E-state index in [1.807, 2.05) is 0 Å². The van der Waals surface area contributed by atoms with Gasteiger partial charge in [-0.1, -0.05) is 13.8 Å². The van der Waals surface area contributed by atoms with Gasteiger partial charge in [-0.3, -0.25) is 0 Å². The van der Waals surface area contributed by atoms with Gasteiger partial charge in [-0.15, -0.1) is 0 Å². The van der Waals surface area contributed by atoms with Crippen LogP contribution in [0.25, 0.3) is 0 Å². The van der Waals surface area contributed by atoms with Crippen molar-refractivity contribution in [2.45, 2.75) is 51.6 Å². The van der Waals surface area contributed by atoms with Crippen molar-refractivity contribution in [2.24, 2.45) is 11.8 Å². The van der Waals surface area contributed by atoms with Crippen molar-refractivity contribution in [1.82, 2.24) is 5.32 Å². The van der Waals surface area contributed by atoms with Crippen LogP contribution in [-0.4, -0.2) is 12.1 Å². The normalized spacial score (nSPS) is 38.5. The molecule has 1 nitrogen and oxygen atoms in total. The molecule has 0 radical (unpaired) electrons. The third-order valence-electron chi connectivity index (χ3n) is 3.21. The van der Waals surface area contributed by atoms with E-state index >= 15 is 0 Å². The minimum Gasteiger partial charge on any atom is -0.311 e. The van der Waals surface area contributed by atoms with E-state index in [0.717, 1.165) is 23.9 Å². The fraction of sp³-hybridized carbons (Fsp3) is 1.00. The minimum atomic E-state index is 0.820. The molecule has 0 aromatic rings. The molecule has 1 heterocycles. The quantitative estimate of drug-likeness (QED) is 0.641. The second-order valence-electron chi connectivity index (χ2n) is 4.54. The van der Waals surface area contributed by atoms with Crippen molar-refractivity contribution in [2.75, 3.05) is 0 Å².